The minimum atomic E-state index is -4.50. The molecule has 3 atom stereocenters. The number of hydrogen-bond acceptors (Lipinski definition) is 26. The van der Waals surface area contributed by atoms with Crippen LogP contribution in [0.25, 0.3) is 16.6 Å². The Kier molecular flexibility index (Phi) is 32.4. The molecule has 0 bridgehead atoms. The number of hydrogen-bond donors (Lipinski definition) is 6. The number of allylic oxidation sites excluding steroid dienone is 1. The van der Waals surface area contributed by atoms with E-state index >= 15 is 0 Å². The number of piperazine rings is 1. The average molecular weight is 1800 g/mol. The number of sulfonamides is 2. The molecule has 43 heteroatoms. The molecule has 4 aliphatic heterocycles. The largest absolute Gasteiger partial charge is 0.455 e. The molecule has 0 spiro atoms. The summed E-state index contributed by atoms with van der Waals surface area (Å²) in [6, 6.07) is 21.0. The first-order valence-electron chi connectivity index (χ1n) is 39.2. The van der Waals surface area contributed by atoms with Crippen LogP contribution in [0.5, 0.6) is 11.5 Å². The number of nitrogens with zero attached hydrogens (tertiary/aromatic N) is 9. The van der Waals surface area contributed by atoms with E-state index in [9.17, 15) is 92.3 Å². The van der Waals surface area contributed by atoms with Crippen molar-refractivity contribution in [3.8, 4) is 11.5 Å². The zero-order valence-electron chi connectivity index (χ0n) is 68.8. The number of nitro benzene ring substituents is 3. The van der Waals surface area contributed by atoms with Crippen LogP contribution in [0.3, 0.4) is 0 Å². The Balaban J connectivity index is 0.000000259. The number of morpholine rings is 3. The van der Waals surface area contributed by atoms with E-state index in [0.29, 0.717) is 134 Å². The van der Waals surface area contributed by atoms with Crippen LogP contribution in [-0.4, -0.2) is 229 Å². The van der Waals surface area contributed by atoms with E-state index in [2.05, 4.69) is 44.2 Å². The van der Waals surface area contributed by atoms with E-state index in [1.165, 1.54) is 42.6 Å². The number of nitro groups is 3. The normalized spacial score (nSPS) is 17.9. The molecule has 668 valence electrons. The van der Waals surface area contributed by atoms with Gasteiger partial charge in [0, 0.05) is 156 Å². The Morgan fingerprint density at radius 1 is 0.650 bits per heavy atom. The summed E-state index contributed by atoms with van der Waals surface area (Å²) < 4.78 is 148. The fraction of sp³-hybridized carbons (Fsp3) is 0.463. The highest BCUT2D eigenvalue weighted by Gasteiger charge is 2.37. The highest BCUT2D eigenvalue weighted by atomic mass is 35.5. The molecule has 35 nitrogen and oxygen atoms in total. The number of pyridine rings is 1. The number of H-pyrrole nitrogens is 1. The lowest BCUT2D eigenvalue weighted by Crippen LogP contribution is -2.49. The van der Waals surface area contributed by atoms with E-state index in [1.807, 2.05) is 38.7 Å². The summed E-state index contributed by atoms with van der Waals surface area (Å²) in [5.41, 5.74) is 7.08. The van der Waals surface area contributed by atoms with Gasteiger partial charge in [0.05, 0.1) is 84.9 Å². The number of ether oxygens (including phenoxy) is 4. The standard InChI is InChI=1S/C50H55ClF3N7O8S.C15H22N4O6S.C9H18N2O2.C6H5FN2O4S/c1-31(2)48(63)60-19-20-68-37(29-60)27-56-43-10-7-38(24-44(43)61(64)65)70(66,67)30-45(62)40-9-6-35(23-46(40)69-36-21-32-12-14-55-47(32)57-26-36)59-17-15-58(16-18-59)28-33-11-13-49(3,4)25-41(33)39-8-5-34(22-42(39)51)50(52,53)54;1-10(2)15(20)18-5-6-25-11(9-18)8-17-13-4-3-12(26(16,23)24)7-14(13)19(21)22;1-7(2)9(12)11-3-4-13-8(5-10)6-11;7-5-2-1-4(14(8,12)13)3-6(5)9(10)11/h5-10,12,14,21-24,26,31,37,56H,11,13,15-20,25,27-30H2,1-4H3,(H,55,57);3-4,7,10-11,17H,5-6,8-9H2,1-2H3,(H2,16,23,24);7-8H,3-6,10H2,1-2H3;1-3H,(H2,8,12,13). The van der Waals surface area contributed by atoms with Gasteiger partial charge in [-0.2, -0.15) is 17.6 Å². The molecule has 5 aromatic carbocycles. The molecule has 4 saturated heterocycles. The third kappa shape index (κ3) is 26.3. The molecule has 5 aliphatic rings. The number of aromatic nitrogens is 2. The molecule has 2 aromatic heterocycles. The number of primary sulfonamides is 2. The molecule has 123 heavy (non-hydrogen) atoms. The van der Waals surface area contributed by atoms with E-state index in [1.54, 1.807) is 48.0 Å². The van der Waals surface area contributed by atoms with Gasteiger partial charge in [-0.1, -0.05) is 78.6 Å². The average Bonchev–Trinajstić information content (AvgIpc) is 1.09. The number of nitrogens with one attached hydrogen (secondary N) is 3. The summed E-state index contributed by atoms with van der Waals surface area (Å²) in [6.07, 6.45) is 0.333. The Hall–Kier alpha value is -10.4. The van der Waals surface area contributed by atoms with Crippen molar-refractivity contribution in [1.82, 2.24) is 29.6 Å². The van der Waals surface area contributed by atoms with E-state index in [4.69, 9.17) is 46.6 Å². The monoisotopic (exact) mass is 1800 g/mol. The number of ketones is 1. The molecular formula is C80H100ClF4N15O20S3. The molecule has 0 saturated carbocycles. The predicted molar refractivity (Wildman–Crippen MR) is 450 cm³/mol. The number of aromatic amines is 1. The van der Waals surface area contributed by atoms with Crippen LogP contribution in [0.15, 0.2) is 136 Å². The summed E-state index contributed by atoms with van der Waals surface area (Å²) in [5, 5.41) is 50.1. The fourth-order valence-corrected chi connectivity index (χ4v) is 16.7. The van der Waals surface area contributed by atoms with Crippen molar-refractivity contribution in [2.45, 2.75) is 114 Å². The number of carbonyl (C=O) groups is 4. The number of amides is 3. The zero-order valence-corrected chi connectivity index (χ0v) is 72.0. The van der Waals surface area contributed by atoms with Gasteiger partial charge in [-0.3, -0.25) is 54.4 Å². The van der Waals surface area contributed by atoms with Crippen LogP contribution >= 0.6 is 11.6 Å². The van der Waals surface area contributed by atoms with Gasteiger partial charge in [0.1, 0.15) is 34.3 Å². The second-order valence-electron chi connectivity index (χ2n) is 31.6. The van der Waals surface area contributed by atoms with Crippen LogP contribution in [0, 0.1) is 59.3 Å². The number of benzene rings is 5. The molecule has 1 aliphatic carbocycles. The van der Waals surface area contributed by atoms with Gasteiger partial charge in [-0.05, 0) is 109 Å². The van der Waals surface area contributed by atoms with E-state index in [-0.39, 0.29) is 98.8 Å². The predicted octanol–water partition coefficient (Wildman–Crippen LogP) is 10.4. The Labute approximate surface area is 713 Å². The van der Waals surface area contributed by atoms with Crippen molar-refractivity contribution in [2.24, 2.45) is 39.2 Å². The third-order valence-electron chi connectivity index (χ3n) is 20.7. The lowest BCUT2D eigenvalue weighted by molar-refractivity contribution is -0.387. The second-order valence-corrected chi connectivity index (χ2v) is 37.1. The van der Waals surface area contributed by atoms with Crippen LogP contribution in [0.4, 0.5) is 51.7 Å². The molecule has 9 N–H and O–H groups in total. The zero-order chi connectivity index (χ0) is 90.4. The number of nitrogens with two attached hydrogens (primary N) is 3. The summed E-state index contributed by atoms with van der Waals surface area (Å²) in [7, 11) is -12.5. The molecular weight excluding hydrogens is 1700 g/mol. The minimum absolute atomic E-state index is 0.0213. The number of fused-ring (bicyclic) bond motifs is 1. The Morgan fingerprint density at radius 2 is 1.15 bits per heavy atom. The van der Waals surface area contributed by atoms with Crippen molar-refractivity contribution >= 4 is 116 Å². The number of carbonyl (C=O) groups excluding carboxylic acids is 4. The highest BCUT2D eigenvalue weighted by Crippen LogP contribution is 2.46. The fourth-order valence-electron chi connectivity index (χ4n) is 14.1. The summed E-state index contributed by atoms with van der Waals surface area (Å²) in [5.74, 6) is -2.57. The molecule has 7 aromatic rings. The van der Waals surface area contributed by atoms with Crippen molar-refractivity contribution in [3.05, 3.63) is 179 Å². The first-order valence-corrected chi connectivity index (χ1v) is 44.3. The second kappa shape index (κ2) is 41.4. The lowest BCUT2D eigenvalue weighted by atomic mass is 9.72. The minimum Gasteiger partial charge on any atom is -0.455 e. The number of alkyl halides is 3. The Morgan fingerprint density at radius 3 is 1.64 bits per heavy atom. The van der Waals surface area contributed by atoms with E-state index in [0.717, 1.165) is 65.4 Å². The first-order chi connectivity index (χ1) is 57.7. The van der Waals surface area contributed by atoms with Crippen molar-refractivity contribution in [3.63, 3.8) is 0 Å². The SMILES string of the molecule is CC(C)C(=O)N1CCOC(CN)C1.CC(C)C(=O)N1CCOC(CNc2ccc(S(=O)(=O)CC(=O)c3ccc(N4CCN(CC5=C(c6ccc(C(F)(F)F)cc6Cl)CC(C)(C)CC5)CC4)cc3Oc3cnc4[nH]ccc4c3)cc2[N+](=O)[O-])C1.CC(C)C(=O)N1CCOC(CNc2ccc(S(N)(=O)=O)cc2[N+](=O)[O-])C1.NS(=O)(=O)c1ccc(F)c([N+](=O)[O-])c1. The third-order valence-corrected chi connectivity index (χ3v) is 24.5. The topological polar surface area (TPSA) is 484 Å². The maximum Gasteiger partial charge on any atom is 0.416 e. The lowest BCUT2D eigenvalue weighted by Gasteiger charge is -2.39. The van der Waals surface area contributed by atoms with Crippen molar-refractivity contribution < 1.29 is 95.7 Å². The maximum absolute atomic E-state index is 14.1. The molecule has 6 heterocycles. The van der Waals surface area contributed by atoms with Crippen molar-refractivity contribution in [1.29, 1.82) is 0 Å². The van der Waals surface area contributed by atoms with Gasteiger partial charge < -0.3 is 59.9 Å². The van der Waals surface area contributed by atoms with Crippen LogP contribution < -0.4 is 36.3 Å². The molecule has 3 amide bonds. The molecule has 4 fully saturated rings. The number of halogens is 5. The van der Waals surface area contributed by atoms with Crippen LogP contribution in [-0.2, 0) is 64.7 Å². The highest BCUT2D eigenvalue weighted by molar-refractivity contribution is 7.92. The van der Waals surface area contributed by atoms with Gasteiger partial charge in [0.15, 0.2) is 15.6 Å². The molecule has 12 rings (SSSR count). The molecule has 3 unspecified atom stereocenters. The maximum atomic E-state index is 14.1. The smallest absolute Gasteiger partial charge is 0.416 e. The summed E-state index contributed by atoms with van der Waals surface area (Å²) >= 11 is 6.54. The summed E-state index contributed by atoms with van der Waals surface area (Å²) in [4.78, 5) is 97.5. The number of rotatable bonds is 25. The van der Waals surface area contributed by atoms with Gasteiger partial charge in [0.25, 0.3) is 11.4 Å². The number of anilines is 3. The Bertz CT molecular complexity index is 5450. The van der Waals surface area contributed by atoms with Crippen LogP contribution in [0.1, 0.15) is 96.1 Å². The first kappa shape index (κ1) is 96.4. The van der Waals surface area contributed by atoms with Gasteiger partial charge in [-0.15, -0.1) is 0 Å². The molecule has 0 radical (unpaired) electrons. The van der Waals surface area contributed by atoms with E-state index < -0.39 is 107 Å². The van der Waals surface area contributed by atoms with Crippen molar-refractivity contribution in [2.75, 3.05) is 133 Å². The van der Waals surface area contributed by atoms with Gasteiger partial charge in [0.2, 0.25) is 43.6 Å². The van der Waals surface area contributed by atoms with Gasteiger partial charge >= 0.3 is 11.9 Å². The van der Waals surface area contributed by atoms with Gasteiger partial charge in [-0.25, -0.2) is 40.5 Å². The van der Waals surface area contributed by atoms with Crippen LogP contribution in [0.2, 0.25) is 5.02 Å². The quantitative estimate of drug-likeness (QED) is 0.0134. The summed E-state index contributed by atoms with van der Waals surface area (Å²) in [6.45, 7) is 23.6. The number of sulfone groups is 1. The number of Topliss-reactive ketones (excluding diaryl/α,β-unsaturated/α-hetero) is 1.